The quantitative estimate of drug-likeness (QED) is 0.743. The van der Waals surface area contributed by atoms with Crippen LogP contribution >= 0.6 is 11.8 Å². The van der Waals surface area contributed by atoms with E-state index in [1.165, 1.54) is 0 Å². The molecular weight excluding hydrogens is 280 g/mol. The molecule has 0 radical (unpaired) electrons. The van der Waals surface area contributed by atoms with Crippen molar-refractivity contribution in [3.05, 3.63) is 0 Å². The number of carbonyl (C=O) groups excluding carboxylic acids is 1. The first kappa shape index (κ1) is 14.2. The Morgan fingerprint density at radius 3 is 3.10 bits per heavy atom. The summed E-state index contributed by atoms with van der Waals surface area (Å²) < 4.78 is 5.97. The van der Waals surface area contributed by atoms with Crippen LogP contribution in [0.15, 0.2) is 0 Å². The van der Waals surface area contributed by atoms with E-state index in [0.29, 0.717) is 6.61 Å². The van der Waals surface area contributed by atoms with Gasteiger partial charge in [-0.25, -0.2) is 0 Å². The number of carboxylic acids is 1. The van der Waals surface area contributed by atoms with Gasteiger partial charge in [0.15, 0.2) is 0 Å². The number of carbonyl (C=O) groups is 2. The van der Waals surface area contributed by atoms with E-state index < -0.39 is 12.0 Å². The molecule has 0 aliphatic carbocycles. The van der Waals surface area contributed by atoms with Crippen LogP contribution in [-0.4, -0.2) is 70.8 Å². The predicted molar refractivity (Wildman–Crippen MR) is 74.8 cm³/mol. The van der Waals surface area contributed by atoms with E-state index in [-0.39, 0.29) is 30.6 Å². The Kier molecular flexibility index (Phi) is 3.92. The highest BCUT2D eigenvalue weighted by Crippen LogP contribution is 2.40. The first-order valence-electron chi connectivity index (χ1n) is 7.07. The van der Waals surface area contributed by atoms with Gasteiger partial charge >= 0.3 is 5.97 Å². The third-order valence-electron chi connectivity index (χ3n) is 4.51. The average molecular weight is 300 g/mol. The van der Waals surface area contributed by atoms with Gasteiger partial charge in [0.05, 0.1) is 12.1 Å². The van der Waals surface area contributed by atoms with E-state index in [9.17, 15) is 14.7 Å². The fourth-order valence-electron chi connectivity index (χ4n) is 3.42. The number of ether oxygens (including phenoxy) is 1. The summed E-state index contributed by atoms with van der Waals surface area (Å²) in [6.07, 6.45) is 2.69. The maximum atomic E-state index is 11.6. The average Bonchev–Trinajstić information content (AvgIpc) is 2.86. The van der Waals surface area contributed by atoms with Gasteiger partial charge in [-0.1, -0.05) is 0 Å². The third-order valence-corrected chi connectivity index (χ3v) is 5.73. The fourth-order valence-corrected chi connectivity index (χ4v) is 4.80. The molecule has 0 bridgehead atoms. The number of hydrogen-bond acceptors (Lipinski definition) is 5. The normalized spacial score (nSPS) is 38.9. The molecule has 3 unspecified atom stereocenters. The van der Waals surface area contributed by atoms with Crippen molar-refractivity contribution in [1.29, 1.82) is 0 Å². The van der Waals surface area contributed by atoms with Gasteiger partial charge in [0.25, 0.3) is 0 Å². The maximum Gasteiger partial charge on any atom is 0.322 e. The molecular formula is C13H20N2O4S. The van der Waals surface area contributed by atoms with Crippen molar-refractivity contribution in [1.82, 2.24) is 10.2 Å². The molecule has 3 aliphatic rings. The van der Waals surface area contributed by atoms with Crippen molar-refractivity contribution in [2.75, 3.05) is 31.2 Å². The number of aliphatic carboxylic acids is 1. The highest BCUT2D eigenvalue weighted by molar-refractivity contribution is 7.99. The van der Waals surface area contributed by atoms with Gasteiger partial charge in [0.2, 0.25) is 5.91 Å². The molecule has 20 heavy (non-hydrogen) atoms. The lowest BCUT2D eigenvalue weighted by Gasteiger charge is -2.45. The number of thioether (sulfide) groups is 1. The summed E-state index contributed by atoms with van der Waals surface area (Å²) in [5.41, 5.74) is -0.0927. The second-order valence-corrected chi connectivity index (χ2v) is 6.92. The Morgan fingerprint density at radius 1 is 1.55 bits per heavy atom. The minimum atomic E-state index is -0.855. The maximum absolute atomic E-state index is 11.6. The standard InChI is InChI=1S/C13H20N2O4S/c16-11-7-15(10(6-14-11)12(17)18)9-1-3-19-13(5-9)2-4-20-8-13/h9-10H,1-8H2,(H,14,16)(H,17,18). The van der Waals surface area contributed by atoms with Gasteiger partial charge in [0.1, 0.15) is 6.04 Å². The molecule has 2 N–H and O–H groups in total. The molecule has 0 saturated carbocycles. The minimum Gasteiger partial charge on any atom is -0.480 e. The Hall–Kier alpha value is -0.790. The summed E-state index contributed by atoms with van der Waals surface area (Å²) in [7, 11) is 0. The van der Waals surface area contributed by atoms with Crippen LogP contribution in [-0.2, 0) is 14.3 Å². The lowest BCUT2D eigenvalue weighted by molar-refractivity contribution is -0.152. The molecule has 0 aromatic carbocycles. The summed E-state index contributed by atoms with van der Waals surface area (Å²) in [6.45, 7) is 1.05. The van der Waals surface area contributed by atoms with E-state index in [2.05, 4.69) is 5.32 Å². The van der Waals surface area contributed by atoms with Crippen LogP contribution in [0.3, 0.4) is 0 Å². The van der Waals surface area contributed by atoms with Crippen molar-refractivity contribution in [2.45, 2.75) is 36.9 Å². The summed E-state index contributed by atoms with van der Waals surface area (Å²) in [5, 5.41) is 12.0. The molecule has 3 aliphatic heterocycles. The highest BCUT2D eigenvalue weighted by Gasteiger charge is 2.45. The Morgan fingerprint density at radius 2 is 2.40 bits per heavy atom. The predicted octanol–water partition coefficient (Wildman–Crippen LogP) is -0.0739. The number of amides is 1. The molecule has 112 valence electrons. The smallest absolute Gasteiger partial charge is 0.322 e. The Bertz CT molecular complexity index is 411. The fraction of sp³-hybridized carbons (Fsp3) is 0.846. The number of rotatable bonds is 2. The molecule has 3 rings (SSSR count). The van der Waals surface area contributed by atoms with Crippen molar-refractivity contribution in [2.24, 2.45) is 0 Å². The van der Waals surface area contributed by atoms with Gasteiger partial charge in [-0.2, -0.15) is 11.8 Å². The first-order chi connectivity index (χ1) is 9.60. The zero-order valence-corrected chi connectivity index (χ0v) is 12.2. The van der Waals surface area contributed by atoms with Gasteiger partial charge in [-0.05, 0) is 25.0 Å². The van der Waals surface area contributed by atoms with Gasteiger partial charge < -0.3 is 15.2 Å². The van der Waals surface area contributed by atoms with E-state index in [4.69, 9.17) is 4.74 Å². The first-order valence-corrected chi connectivity index (χ1v) is 8.22. The molecule has 3 fully saturated rings. The second kappa shape index (κ2) is 5.54. The third kappa shape index (κ3) is 2.66. The highest BCUT2D eigenvalue weighted by atomic mass is 32.2. The van der Waals surface area contributed by atoms with E-state index in [1.807, 2.05) is 16.7 Å². The van der Waals surface area contributed by atoms with Crippen LogP contribution < -0.4 is 5.32 Å². The summed E-state index contributed by atoms with van der Waals surface area (Å²) in [5.74, 6) is 1.16. The lowest BCUT2D eigenvalue weighted by Crippen LogP contribution is -2.62. The van der Waals surface area contributed by atoms with Crippen LogP contribution in [0, 0.1) is 0 Å². The topological polar surface area (TPSA) is 78.9 Å². The summed E-state index contributed by atoms with van der Waals surface area (Å²) >= 11 is 1.90. The SMILES string of the molecule is O=C1CN(C2CCOC3(CCSC3)C2)C(C(=O)O)CN1. The largest absolute Gasteiger partial charge is 0.480 e. The van der Waals surface area contributed by atoms with Gasteiger partial charge in [0, 0.05) is 24.9 Å². The zero-order valence-electron chi connectivity index (χ0n) is 11.3. The van der Waals surface area contributed by atoms with Gasteiger partial charge in [-0.15, -0.1) is 0 Å². The number of piperazine rings is 1. The second-order valence-electron chi connectivity index (χ2n) is 5.81. The number of hydrogen-bond donors (Lipinski definition) is 2. The number of nitrogens with one attached hydrogen (secondary N) is 1. The number of nitrogens with zero attached hydrogens (tertiary/aromatic N) is 1. The van der Waals surface area contributed by atoms with Crippen molar-refractivity contribution in [3.8, 4) is 0 Å². The summed E-state index contributed by atoms with van der Waals surface area (Å²) in [4.78, 5) is 24.9. The Labute approximate surface area is 122 Å². The van der Waals surface area contributed by atoms with Crippen LogP contribution in [0.2, 0.25) is 0 Å². The van der Waals surface area contributed by atoms with Crippen LogP contribution in [0.25, 0.3) is 0 Å². The molecule has 3 heterocycles. The van der Waals surface area contributed by atoms with Crippen molar-refractivity contribution < 1.29 is 19.4 Å². The molecule has 7 heteroatoms. The van der Waals surface area contributed by atoms with Crippen molar-refractivity contribution >= 4 is 23.6 Å². The van der Waals surface area contributed by atoms with E-state index in [1.54, 1.807) is 0 Å². The molecule has 0 aromatic rings. The molecule has 3 saturated heterocycles. The Balaban J connectivity index is 1.75. The summed E-state index contributed by atoms with van der Waals surface area (Å²) in [6, 6.07) is -0.475. The minimum absolute atomic E-state index is 0.0798. The van der Waals surface area contributed by atoms with Crippen LogP contribution in [0.4, 0.5) is 0 Å². The van der Waals surface area contributed by atoms with Crippen molar-refractivity contribution in [3.63, 3.8) is 0 Å². The van der Waals surface area contributed by atoms with Gasteiger partial charge in [-0.3, -0.25) is 14.5 Å². The van der Waals surface area contributed by atoms with E-state index >= 15 is 0 Å². The monoisotopic (exact) mass is 300 g/mol. The molecule has 1 spiro atoms. The molecule has 0 aromatic heterocycles. The number of carboxylic acid groups (broad SMARTS) is 1. The molecule has 3 atom stereocenters. The van der Waals surface area contributed by atoms with Crippen LogP contribution in [0.5, 0.6) is 0 Å². The molecule has 6 nitrogen and oxygen atoms in total. The lowest BCUT2D eigenvalue weighted by atomic mass is 9.88. The van der Waals surface area contributed by atoms with E-state index in [0.717, 1.165) is 30.8 Å². The van der Waals surface area contributed by atoms with Crippen LogP contribution in [0.1, 0.15) is 19.3 Å². The molecule has 1 amide bonds. The zero-order chi connectivity index (χ0) is 14.2.